The van der Waals surface area contributed by atoms with Crippen LogP contribution in [0.25, 0.3) is 0 Å². The van der Waals surface area contributed by atoms with Crippen molar-refractivity contribution in [1.82, 2.24) is 0 Å². The van der Waals surface area contributed by atoms with Gasteiger partial charge in [-0.25, -0.2) is 9.59 Å². The summed E-state index contributed by atoms with van der Waals surface area (Å²) >= 11 is 0. The van der Waals surface area contributed by atoms with Gasteiger partial charge in [0, 0.05) is 6.92 Å². The standard InChI is InChI=1S/C24H28O7/c1-13(25)28-10-17-6-16-7-20(17)22-9-18(8-21(16)22)31-24(27)15-4-2-3-14(5-15)23(26)30-12-19-11-29-19/h2-5,16-22H,6-12H2,1H3. The molecule has 4 aliphatic rings. The fourth-order valence-electron chi connectivity index (χ4n) is 6.08. The van der Waals surface area contributed by atoms with Gasteiger partial charge in [-0.15, -0.1) is 0 Å². The van der Waals surface area contributed by atoms with E-state index in [-0.39, 0.29) is 24.8 Å². The van der Waals surface area contributed by atoms with Gasteiger partial charge in [-0.2, -0.15) is 0 Å². The molecule has 1 saturated heterocycles. The number of carbonyl (C=O) groups excluding carboxylic acids is 3. The molecule has 7 heteroatoms. The van der Waals surface area contributed by atoms with Crippen LogP contribution in [0, 0.1) is 29.6 Å². The minimum atomic E-state index is -0.462. The number of epoxide rings is 1. The zero-order valence-corrected chi connectivity index (χ0v) is 17.7. The minimum Gasteiger partial charge on any atom is -0.466 e. The van der Waals surface area contributed by atoms with Gasteiger partial charge < -0.3 is 18.9 Å². The van der Waals surface area contributed by atoms with Gasteiger partial charge in [-0.05, 0) is 73.5 Å². The Balaban J connectivity index is 1.16. The lowest BCUT2D eigenvalue weighted by atomic mass is 9.76. The first kappa shape index (κ1) is 20.5. The third kappa shape index (κ3) is 4.33. The zero-order chi connectivity index (χ0) is 21.5. The lowest BCUT2D eigenvalue weighted by Crippen LogP contribution is -2.27. The smallest absolute Gasteiger partial charge is 0.338 e. The average molecular weight is 428 g/mol. The van der Waals surface area contributed by atoms with Crippen LogP contribution in [0.4, 0.5) is 0 Å². The van der Waals surface area contributed by atoms with Crippen LogP contribution in [0.15, 0.2) is 24.3 Å². The molecular formula is C24H28O7. The second-order valence-electron chi connectivity index (χ2n) is 9.42. The first-order chi connectivity index (χ1) is 15.0. The molecule has 166 valence electrons. The highest BCUT2D eigenvalue weighted by molar-refractivity contribution is 5.95. The lowest BCUT2D eigenvalue weighted by molar-refractivity contribution is -0.143. The molecule has 4 fully saturated rings. The van der Waals surface area contributed by atoms with Crippen molar-refractivity contribution in [2.24, 2.45) is 29.6 Å². The summed E-state index contributed by atoms with van der Waals surface area (Å²) in [7, 11) is 0. The molecule has 0 spiro atoms. The number of fused-ring (bicyclic) bond motifs is 5. The number of ether oxygens (including phenoxy) is 4. The van der Waals surface area contributed by atoms with E-state index in [1.54, 1.807) is 18.2 Å². The highest BCUT2D eigenvalue weighted by Gasteiger charge is 2.56. The van der Waals surface area contributed by atoms with Gasteiger partial charge >= 0.3 is 17.9 Å². The van der Waals surface area contributed by atoms with E-state index in [0.29, 0.717) is 53.9 Å². The van der Waals surface area contributed by atoms with Gasteiger partial charge in [0.2, 0.25) is 0 Å². The molecule has 5 rings (SSSR count). The molecule has 1 aromatic carbocycles. The molecule has 1 aromatic rings. The van der Waals surface area contributed by atoms with Gasteiger partial charge in [-0.3, -0.25) is 4.79 Å². The molecule has 1 heterocycles. The molecule has 3 saturated carbocycles. The predicted molar refractivity (Wildman–Crippen MR) is 108 cm³/mol. The number of hydrogen-bond acceptors (Lipinski definition) is 7. The second-order valence-corrected chi connectivity index (χ2v) is 9.42. The Hall–Kier alpha value is -2.41. The number of esters is 3. The Bertz CT molecular complexity index is 876. The Labute approximate surface area is 181 Å². The van der Waals surface area contributed by atoms with Crippen molar-refractivity contribution in [2.75, 3.05) is 19.8 Å². The number of benzene rings is 1. The molecular weight excluding hydrogens is 400 g/mol. The van der Waals surface area contributed by atoms with Crippen molar-refractivity contribution >= 4 is 17.9 Å². The van der Waals surface area contributed by atoms with Crippen LogP contribution in [-0.4, -0.2) is 49.9 Å². The average Bonchev–Trinajstić information content (AvgIpc) is 3.20. The molecule has 1 aliphatic heterocycles. The Morgan fingerprint density at radius 1 is 0.935 bits per heavy atom. The summed E-state index contributed by atoms with van der Waals surface area (Å²) in [6, 6.07) is 6.50. The molecule has 2 bridgehead atoms. The maximum atomic E-state index is 12.7. The van der Waals surface area contributed by atoms with Gasteiger partial charge in [0.05, 0.1) is 24.3 Å². The topological polar surface area (TPSA) is 91.4 Å². The van der Waals surface area contributed by atoms with Gasteiger partial charge in [0.25, 0.3) is 0 Å². The molecule has 3 aliphatic carbocycles. The summed E-state index contributed by atoms with van der Waals surface area (Å²) in [4.78, 5) is 36.1. The van der Waals surface area contributed by atoms with Crippen LogP contribution >= 0.6 is 0 Å². The molecule has 7 nitrogen and oxygen atoms in total. The summed E-state index contributed by atoms with van der Waals surface area (Å²) in [5, 5.41) is 0. The highest BCUT2D eigenvalue weighted by atomic mass is 16.6. The predicted octanol–water partition coefficient (Wildman–Crippen LogP) is 3.01. The molecule has 31 heavy (non-hydrogen) atoms. The second kappa shape index (κ2) is 8.26. The maximum absolute atomic E-state index is 12.7. The first-order valence-electron chi connectivity index (χ1n) is 11.2. The quantitative estimate of drug-likeness (QED) is 0.374. The molecule has 0 aromatic heterocycles. The SMILES string of the molecule is CC(=O)OCC1CC2CC1C1CC(OC(=O)c3cccc(C(=O)OCC4CO4)c3)CC21. The Morgan fingerprint density at radius 2 is 1.68 bits per heavy atom. The summed E-state index contributed by atoms with van der Waals surface area (Å²) in [5.74, 6) is 1.72. The van der Waals surface area contributed by atoms with E-state index in [9.17, 15) is 14.4 Å². The monoisotopic (exact) mass is 428 g/mol. The van der Waals surface area contributed by atoms with Crippen LogP contribution in [-0.2, 0) is 23.7 Å². The molecule has 7 atom stereocenters. The van der Waals surface area contributed by atoms with Crippen molar-refractivity contribution < 1.29 is 33.3 Å². The van der Waals surface area contributed by atoms with E-state index in [2.05, 4.69) is 0 Å². The molecule has 0 amide bonds. The fraction of sp³-hybridized carbons (Fsp3) is 0.625. The van der Waals surface area contributed by atoms with Crippen molar-refractivity contribution in [2.45, 2.75) is 44.8 Å². The summed E-state index contributed by atoms with van der Waals surface area (Å²) in [6.45, 7) is 2.82. The van der Waals surface area contributed by atoms with E-state index in [4.69, 9.17) is 18.9 Å². The van der Waals surface area contributed by atoms with Crippen LogP contribution in [0.2, 0.25) is 0 Å². The van der Waals surface area contributed by atoms with Crippen molar-refractivity contribution in [3.63, 3.8) is 0 Å². The zero-order valence-electron chi connectivity index (χ0n) is 17.7. The van der Waals surface area contributed by atoms with Crippen LogP contribution in [0.5, 0.6) is 0 Å². The molecule has 0 radical (unpaired) electrons. The Kier molecular flexibility index (Phi) is 5.46. The van der Waals surface area contributed by atoms with E-state index < -0.39 is 11.9 Å². The summed E-state index contributed by atoms with van der Waals surface area (Å²) in [6.07, 6.45) is 4.00. The van der Waals surface area contributed by atoms with E-state index in [1.807, 2.05) is 0 Å². The lowest BCUT2D eigenvalue weighted by Gasteiger charge is -2.30. The number of carbonyl (C=O) groups is 3. The largest absolute Gasteiger partial charge is 0.466 e. The normalized spacial score (nSPS) is 34.8. The minimum absolute atomic E-state index is 0.00262. The summed E-state index contributed by atoms with van der Waals surface area (Å²) < 4.78 is 21.3. The maximum Gasteiger partial charge on any atom is 0.338 e. The molecule has 0 N–H and O–H groups in total. The van der Waals surface area contributed by atoms with E-state index in [1.165, 1.54) is 19.4 Å². The van der Waals surface area contributed by atoms with Gasteiger partial charge in [0.15, 0.2) is 0 Å². The number of hydrogen-bond donors (Lipinski definition) is 0. The van der Waals surface area contributed by atoms with E-state index >= 15 is 0 Å². The first-order valence-corrected chi connectivity index (χ1v) is 11.2. The van der Waals surface area contributed by atoms with Crippen LogP contribution < -0.4 is 0 Å². The van der Waals surface area contributed by atoms with Crippen molar-refractivity contribution in [3.05, 3.63) is 35.4 Å². The van der Waals surface area contributed by atoms with Gasteiger partial charge in [0.1, 0.15) is 18.8 Å². The third-order valence-electron chi connectivity index (χ3n) is 7.47. The Morgan fingerprint density at radius 3 is 2.42 bits per heavy atom. The van der Waals surface area contributed by atoms with Crippen molar-refractivity contribution in [1.29, 1.82) is 0 Å². The van der Waals surface area contributed by atoms with E-state index in [0.717, 1.165) is 19.3 Å². The van der Waals surface area contributed by atoms with Crippen LogP contribution in [0.3, 0.4) is 0 Å². The summed E-state index contributed by atoms with van der Waals surface area (Å²) in [5.41, 5.74) is 0.703. The molecule has 7 unspecified atom stereocenters. The van der Waals surface area contributed by atoms with Gasteiger partial charge in [-0.1, -0.05) is 6.07 Å². The highest BCUT2D eigenvalue weighted by Crippen LogP contribution is 2.61. The number of rotatable bonds is 7. The third-order valence-corrected chi connectivity index (χ3v) is 7.47. The van der Waals surface area contributed by atoms with Crippen molar-refractivity contribution in [3.8, 4) is 0 Å². The van der Waals surface area contributed by atoms with Crippen LogP contribution in [0.1, 0.15) is 53.3 Å². The fourth-order valence-corrected chi connectivity index (χ4v) is 6.08.